The Morgan fingerprint density at radius 3 is 2.70 bits per heavy atom. The lowest BCUT2D eigenvalue weighted by Gasteiger charge is -2.08. The monoisotopic (exact) mass is 275 g/mol. The summed E-state index contributed by atoms with van der Waals surface area (Å²) in [5.74, 6) is -0.280. The van der Waals surface area contributed by atoms with E-state index in [0.29, 0.717) is 24.6 Å². The number of carbonyl (C=O) groups excluding carboxylic acids is 2. The highest BCUT2D eigenvalue weighted by molar-refractivity contribution is 5.94. The second-order valence-electron chi connectivity index (χ2n) is 5.14. The van der Waals surface area contributed by atoms with Crippen LogP contribution in [-0.2, 0) is 11.3 Å². The van der Waals surface area contributed by atoms with Crippen LogP contribution in [0.5, 0.6) is 0 Å². The summed E-state index contributed by atoms with van der Waals surface area (Å²) in [5.41, 5.74) is 6.76. The molecule has 0 atom stereocenters. The molecule has 0 bridgehead atoms. The van der Waals surface area contributed by atoms with Crippen molar-refractivity contribution in [3.63, 3.8) is 0 Å². The van der Waals surface area contributed by atoms with E-state index in [1.807, 2.05) is 12.1 Å². The third-order valence-corrected chi connectivity index (χ3v) is 3.30. The number of nitrogens with one attached hydrogen (secondary N) is 2. The summed E-state index contributed by atoms with van der Waals surface area (Å²) in [7, 11) is 0. The van der Waals surface area contributed by atoms with Crippen LogP contribution in [0, 0.1) is 0 Å². The molecule has 2 rings (SSSR count). The van der Waals surface area contributed by atoms with Gasteiger partial charge < -0.3 is 16.4 Å². The summed E-state index contributed by atoms with van der Waals surface area (Å²) in [6.45, 7) is 1.33. The maximum absolute atomic E-state index is 11.5. The van der Waals surface area contributed by atoms with Gasteiger partial charge in [-0.1, -0.05) is 18.2 Å². The zero-order valence-electron chi connectivity index (χ0n) is 11.5. The van der Waals surface area contributed by atoms with Crippen LogP contribution in [0.2, 0.25) is 0 Å². The van der Waals surface area contributed by atoms with Crippen LogP contribution in [0.4, 0.5) is 0 Å². The number of rotatable bonds is 8. The van der Waals surface area contributed by atoms with Crippen molar-refractivity contribution in [1.29, 1.82) is 0 Å². The van der Waals surface area contributed by atoms with E-state index in [9.17, 15) is 9.59 Å². The zero-order valence-corrected chi connectivity index (χ0v) is 11.5. The van der Waals surface area contributed by atoms with Crippen molar-refractivity contribution in [2.45, 2.75) is 38.3 Å². The number of hydrogen-bond donors (Lipinski definition) is 3. The van der Waals surface area contributed by atoms with Gasteiger partial charge in [-0.15, -0.1) is 0 Å². The van der Waals surface area contributed by atoms with Gasteiger partial charge in [0.15, 0.2) is 0 Å². The van der Waals surface area contributed by atoms with Gasteiger partial charge in [-0.2, -0.15) is 0 Å². The van der Waals surface area contributed by atoms with Crippen LogP contribution >= 0.6 is 0 Å². The molecule has 0 spiro atoms. The van der Waals surface area contributed by atoms with E-state index in [1.54, 1.807) is 12.1 Å². The minimum absolute atomic E-state index is 0.131. The molecule has 0 heterocycles. The molecular formula is C15H21N3O2. The summed E-state index contributed by atoms with van der Waals surface area (Å²) in [6, 6.07) is 7.71. The first kappa shape index (κ1) is 14.5. The van der Waals surface area contributed by atoms with Crippen molar-refractivity contribution >= 4 is 11.8 Å². The molecule has 20 heavy (non-hydrogen) atoms. The first-order valence-corrected chi connectivity index (χ1v) is 7.04. The van der Waals surface area contributed by atoms with Gasteiger partial charge in [0.25, 0.3) is 0 Å². The summed E-state index contributed by atoms with van der Waals surface area (Å²) >= 11 is 0. The maximum atomic E-state index is 11.5. The Kier molecular flexibility index (Phi) is 5.12. The molecule has 5 nitrogen and oxygen atoms in total. The molecule has 0 aromatic heterocycles. The fourth-order valence-corrected chi connectivity index (χ4v) is 2.04. The van der Waals surface area contributed by atoms with E-state index < -0.39 is 5.91 Å². The molecule has 5 heteroatoms. The summed E-state index contributed by atoms with van der Waals surface area (Å²) in [4.78, 5) is 22.7. The zero-order chi connectivity index (χ0) is 14.4. The average Bonchev–Trinajstić information content (AvgIpc) is 3.22. The SMILES string of the molecule is NC(=O)c1ccccc1CNCCCC(=O)NC1CC1. The summed E-state index contributed by atoms with van der Waals surface area (Å²) < 4.78 is 0. The van der Waals surface area contributed by atoms with E-state index in [2.05, 4.69) is 10.6 Å². The molecule has 1 saturated carbocycles. The molecule has 1 aliphatic carbocycles. The lowest BCUT2D eigenvalue weighted by Crippen LogP contribution is -2.26. The van der Waals surface area contributed by atoms with Crippen LogP contribution in [0.1, 0.15) is 41.6 Å². The maximum Gasteiger partial charge on any atom is 0.249 e. The normalized spacial score (nSPS) is 14.0. The Morgan fingerprint density at radius 1 is 1.25 bits per heavy atom. The quantitative estimate of drug-likeness (QED) is 0.617. The van der Waals surface area contributed by atoms with Gasteiger partial charge in [-0.05, 0) is 37.4 Å². The molecule has 1 aromatic carbocycles. The van der Waals surface area contributed by atoms with E-state index in [0.717, 1.165) is 31.4 Å². The van der Waals surface area contributed by atoms with Gasteiger partial charge in [0.05, 0.1) is 0 Å². The van der Waals surface area contributed by atoms with Crippen molar-refractivity contribution in [3.8, 4) is 0 Å². The number of carbonyl (C=O) groups is 2. The molecule has 0 saturated heterocycles. The molecule has 0 radical (unpaired) electrons. The van der Waals surface area contributed by atoms with Crippen molar-refractivity contribution in [2.75, 3.05) is 6.54 Å². The first-order chi connectivity index (χ1) is 9.66. The third-order valence-electron chi connectivity index (χ3n) is 3.30. The predicted octanol–water partition coefficient (Wildman–Crippen LogP) is 0.934. The van der Waals surface area contributed by atoms with Gasteiger partial charge >= 0.3 is 0 Å². The largest absolute Gasteiger partial charge is 0.366 e. The molecular weight excluding hydrogens is 254 g/mol. The molecule has 4 N–H and O–H groups in total. The van der Waals surface area contributed by atoms with E-state index >= 15 is 0 Å². The first-order valence-electron chi connectivity index (χ1n) is 7.04. The van der Waals surface area contributed by atoms with Gasteiger partial charge in [0.2, 0.25) is 11.8 Å². The van der Waals surface area contributed by atoms with Crippen molar-refractivity contribution in [1.82, 2.24) is 10.6 Å². The highest BCUT2D eigenvalue weighted by atomic mass is 16.2. The lowest BCUT2D eigenvalue weighted by molar-refractivity contribution is -0.121. The predicted molar refractivity (Wildman–Crippen MR) is 77.1 cm³/mol. The van der Waals surface area contributed by atoms with Crippen molar-refractivity contribution in [3.05, 3.63) is 35.4 Å². The number of primary amides is 1. The standard InChI is InChI=1S/C15H21N3O2/c16-15(20)13-5-2-1-4-11(13)10-17-9-3-6-14(19)18-12-7-8-12/h1-2,4-5,12,17H,3,6-10H2,(H2,16,20)(H,18,19). The fourth-order valence-electron chi connectivity index (χ4n) is 2.04. The Balaban J connectivity index is 1.65. The van der Waals surface area contributed by atoms with Crippen molar-refractivity contribution in [2.24, 2.45) is 5.73 Å². The second-order valence-corrected chi connectivity index (χ2v) is 5.14. The summed E-state index contributed by atoms with van der Waals surface area (Å²) in [5, 5.41) is 6.19. The highest BCUT2D eigenvalue weighted by Crippen LogP contribution is 2.18. The Bertz CT molecular complexity index is 484. The number of nitrogens with two attached hydrogens (primary N) is 1. The van der Waals surface area contributed by atoms with Gasteiger partial charge in [-0.3, -0.25) is 9.59 Å². The van der Waals surface area contributed by atoms with Crippen molar-refractivity contribution < 1.29 is 9.59 Å². The number of hydrogen-bond acceptors (Lipinski definition) is 3. The number of amides is 2. The van der Waals surface area contributed by atoms with Crippen LogP contribution in [0.3, 0.4) is 0 Å². The van der Waals surface area contributed by atoms with E-state index in [1.165, 1.54) is 0 Å². The summed E-state index contributed by atoms with van der Waals surface area (Å²) in [6.07, 6.45) is 3.57. The minimum atomic E-state index is -0.411. The highest BCUT2D eigenvalue weighted by Gasteiger charge is 2.22. The Labute approximate surface area is 118 Å². The third kappa shape index (κ3) is 4.66. The smallest absolute Gasteiger partial charge is 0.249 e. The fraction of sp³-hybridized carbons (Fsp3) is 0.467. The van der Waals surface area contributed by atoms with Gasteiger partial charge in [-0.25, -0.2) is 0 Å². The average molecular weight is 275 g/mol. The molecule has 1 aromatic rings. The van der Waals surface area contributed by atoms with Gasteiger partial charge in [0, 0.05) is 24.6 Å². The Hall–Kier alpha value is -1.88. The topological polar surface area (TPSA) is 84.2 Å². The molecule has 0 aliphatic heterocycles. The minimum Gasteiger partial charge on any atom is -0.366 e. The van der Waals surface area contributed by atoms with E-state index in [4.69, 9.17) is 5.73 Å². The number of benzene rings is 1. The molecule has 0 unspecified atom stereocenters. The molecule has 1 aliphatic rings. The molecule has 1 fully saturated rings. The lowest BCUT2D eigenvalue weighted by atomic mass is 10.1. The molecule has 2 amide bonds. The van der Waals surface area contributed by atoms with Crippen LogP contribution < -0.4 is 16.4 Å². The van der Waals surface area contributed by atoms with Crippen LogP contribution in [0.25, 0.3) is 0 Å². The van der Waals surface area contributed by atoms with Crippen LogP contribution in [0.15, 0.2) is 24.3 Å². The van der Waals surface area contributed by atoms with Gasteiger partial charge in [0.1, 0.15) is 0 Å². The molecule has 108 valence electrons. The second kappa shape index (κ2) is 7.05. The van der Waals surface area contributed by atoms with E-state index in [-0.39, 0.29) is 5.91 Å². The Morgan fingerprint density at radius 2 is 2.00 bits per heavy atom. The van der Waals surface area contributed by atoms with Crippen LogP contribution in [-0.4, -0.2) is 24.4 Å².